The summed E-state index contributed by atoms with van der Waals surface area (Å²) in [5.41, 5.74) is 1.52. The van der Waals surface area contributed by atoms with Crippen molar-refractivity contribution in [3.8, 4) is 0 Å². The van der Waals surface area contributed by atoms with Crippen LogP contribution in [0.15, 0.2) is 29.1 Å². The Morgan fingerprint density at radius 2 is 2.28 bits per heavy atom. The van der Waals surface area contributed by atoms with Gasteiger partial charge < -0.3 is 4.42 Å². The third-order valence-corrected chi connectivity index (χ3v) is 3.89. The molecular formula is C12H11Cl2NO2S. The highest BCUT2D eigenvalue weighted by molar-refractivity contribution is 7.20. The zero-order valence-electron chi connectivity index (χ0n) is 9.65. The predicted molar refractivity (Wildman–Crippen MR) is 73.7 cm³/mol. The van der Waals surface area contributed by atoms with Gasteiger partial charge in [-0.3, -0.25) is 9.69 Å². The van der Waals surface area contributed by atoms with E-state index in [1.165, 1.54) is 11.3 Å². The van der Waals surface area contributed by atoms with Crippen molar-refractivity contribution < 1.29 is 9.21 Å². The minimum Gasteiger partial charge on any atom is -0.472 e. The molecular weight excluding hydrogens is 293 g/mol. The molecule has 2 aromatic heterocycles. The van der Waals surface area contributed by atoms with Gasteiger partial charge >= 0.3 is 0 Å². The Labute approximate surface area is 119 Å². The van der Waals surface area contributed by atoms with Gasteiger partial charge in [0.1, 0.15) is 4.34 Å². The number of carbonyl (C=O) groups is 1. The molecule has 0 unspecified atom stereocenters. The smallest absolute Gasteiger partial charge is 0.179 e. The largest absolute Gasteiger partial charge is 0.472 e. The van der Waals surface area contributed by atoms with Gasteiger partial charge in [0.25, 0.3) is 0 Å². The maximum Gasteiger partial charge on any atom is 0.179 e. The molecule has 0 saturated heterocycles. The summed E-state index contributed by atoms with van der Waals surface area (Å²) in [6.07, 6.45) is 3.27. The molecule has 0 aromatic carbocycles. The van der Waals surface area contributed by atoms with Crippen molar-refractivity contribution in [1.82, 2.24) is 4.90 Å². The highest BCUT2D eigenvalue weighted by Crippen LogP contribution is 2.31. The van der Waals surface area contributed by atoms with Crippen LogP contribution in [0.3, 0.4) is 0 Å². The molecule has 0 aliphatic carbocycles. The van der Waals surface area contributed by atoms with Gasteiger partial charge in [-0.05, 0) is 19.2 Å². The van der Waals surface area contributed by atoms with E-state index < -0.39 is 0 Å². The van der Waals surface area contributed by atoms with Crippen LogP contribution in [0.2, 0.25) is 8.67 Å². The quantitative estimate of drug-likeness (QED) is 0.784. The fourth-order valence-corrected chi connectivity index (χ4v) is 3.11. The van der Waals surface area contributed by atoms with Gasteiger partial charge in [-0.2, -0.15) is 0 Å². The van der Waals surface area contributed by atoms with Crippen LogP contribution in [0.25, 0.3) is 0 Å². The van der Waals surface area contributed by atoms with E-state index >= 15 is 0 Å². The Balaban J connectivity index is 1.97. The molecule has 0 N–H and O–H groups in total. The van der Waals surface area contributed by atoms with Crippen LogP contribution >= 0.6 is 34.5 Å². The Bertz CT molecular complexity index is 536. The molecule has 2 heterocycles. The summed E-state index contributed by atoms with van der Waals surface area (Å²) >= 11 is 13.0. The Morgan fingerprint density at radius 3 is 2.83 bits per heavy atom. The molecule has 0 bridgehead atoms. The number of rotatable bonds is 5. The Hall–Kier alpha value is -0.810. The Morgan fingerprint density at radius 1 is 1.50 bits per heavy atom. The summed E-state index contributed by atoms with van der Waals surface area (Å²) in [5, 5.41) is 0. The van der Waals surface area contributed by atoms with Gasteiger partial charge in [0.2, 0.25) is 0 Å². The van der Waals surface area contributed by atoms with Crippen LogP contribution < -0.4 is 0 Å². The lowest BCUT2D eigenvalue weighted by atomic mass is 10.2. The second-order valence-electron chi connectivity index (χ2n) is 3.96. The molecule has 3 nitrogen and oxygen atoms in total. The second kappa shape index (κ2) is 5.89. The zero-order valence-corrected chi connectivity index (χ0v) is 12.0. The highest BCUT2D eigenvalue weighted by Gasteiger charge is 2.16. The number of ketones is 1. The van der Waals surface area contributed by atoms with Gasteiger partial charge in [-0.25, -0.2) is 0 Å². The predicted octanol–water partition coefficient (Wildman–Crippen LogP) is 3.96. The van der Waals surface area contributed by atoms with Crippen LogP contribution in [-0.2, 0) is 6.54 Å². The van der Waals surface area contributed by atoms with E-state index in [0.717, 1.165) is 5.56 Å². The van der Waals surface area contributed by atoms with Crippen LogP contribution in [0, 0.1) is 0 Å². The molecule has 6 heteroatoms. The number of thiophene rings is 1. The summed E-state index contributed by atoms with van der Waals surface area (Å²) in [4.78, 5) is 13.9. The van der Waals surface area contributed by atoms with Crippen molar-refractivity contribution in [3.63, 3.8) is 0 Å². The minimum absolute atomic E-state index is 0.0332. The topological polar surface area (TPSA) is 33.5 Å². The second-order valence-corrected chi connectivity index (χ2v) is 6.25. The summed E-state index contributed by atoms with van der Waals surface area (Å²) in [7, 11) is 1.87. The summed E-state index contributed by atoms with van der Waals surface area (Å²) in [6.45, 7) is 0.940. The third-order valence-electron chi connectivity index (χ3n) is 2.40. The van der Waals surface area contributed by atoms with Crippen molar-refractivity contribution in [2.75, 3.05) is 13.6 Å². The average molecular weight is 304 g/mol. The summed E-state index contributed by atoms with van der Waals surface area (Å²) in [6, 6.07) is 3.48. The monoisotopic (exact) mass is 303 g/mol. The number of Topliss-reactive ketones (excluding diaryl/α,β-unsaturated/α-hetero) is 1. The van der Waals surface area contributed by atoms with E-state index in [1.807, 2.05) is 18.0 Å². The molecule has 96 valence electrons. The van der Waals surface area contributed by atoms with E-state index in [2.05, 4.69) is 0 Å². The first-order chi connectivity index (χ1) is 8.56. The van der Waals surface area contributed by atoms with Gasteiger partial charge in [0.15, 0.2) is 5.78 Å². The lowest BCUT2D eigenvalue weighted by Gasteiger charge is -2.14. The number of hydrogen-bond acceptors (Lipinski definition) is 4. The standard InChI is InChI=1S/C12H11Cl2NO2S/c1-15(5-8-2-3-17-7-8)6-10(16)9-4-11(13)18-12(9)14/h2-4,7H,5-6H2,1H3. The summed E-state index contributed by atoms with van der Waals surface area (Å²) < 4.78 is 5.95. The van der Waals surface area contributed by atoms with Crippen LogP contribution in [0.5, 0.6) is 0 Å². The normalized spacial score (nSPS) is 11.1. The molecule has 0 fully saturated rings. The molecule has 0 aliphatic heterocycles. The lowest BCUT2D eigenvalue weighted by molar-refractivity contribution is 0.0943. The fraction of sp³-hybridized carbons (Fsp3) is 0.250. The van der Waals surface area contributed by atoms with Gasteiger partial charge in [-0.15, -0.1) is 11.3 Å². The zero-order chi connectivity index (χ0) is 13.1. The van der Waals surface area contributed by atoms with Crippen molar-refractivity contribution in [3.05, 3.63) is 44.5 Å². The third kappa shape index (κ3) is 3.36. The van der Waals surface area contributed by atoms with Crippen LogP contribution in [-0.4, -0.2) is 24.3 Å². The minimum atomic E-state index is -0.0332. The number of furan rings is 1. The molecule has 0 radical (unpaired) electrons. The van der Waals surface area contributed by atoms with Crippen LogP contribution in [0.4, 0.5) is 0 Å². The molecule has 2 rings (SSSR count). The van der Waals surface area contributed by atoms with E-state index in [1.54, 1.807) is 18.6 Å². The molecule has 2 aromatic rings. The van der Waals surface area contributed by atoms with Crippen LogP contribution in [0.1, 0.15) is 15.9 Å². The first-order valence-corrected chi connectivity index (χ1v) is 6.81. The van der Waals surface area contributed by atoms with Crippen molar-refractivity contribution >= 4 is 40.3 Å². The Kier molecular flexibility index (Phi) is 4.45. The fourth-order valence-electron chi connectivity index (χ4n) is 1.61. The molecule has 0 atom stereocenters. The van der Waals surface area contributed by atoms with Crippen molar-refractivity contribution in [2.45, 2.75) is 6.54 Å². The van der Waals surface area contributed by atoms with Gasteiger partial charge in [0.05, 0.1) is 29.0 Å². The number of carbonyl (C=O) groups excluding carboxylic acids is 1. The molecule has 0 aliphatic rings. The van der Waals surface area contributed by atoms with Gasteiger partial charge in [0, 0.05) is 12.1 Å². The van der Waals surface area contributed by atoms with Crippen molar-refractivity contribution in [1.29, 1.82) is 0 Å². The maximum atomic E-state index is 12.0. The molecule has 18 heavy (non-hydrogen) atoms. The average Bonchev–Trinajstić information content (AvgIpc) is 2.88. The highest BCUT2D eigenvalue weighted by atomic mass is 35.5. The SMILES string of the molecule is CN(CC(=O)c1cc(Cl)sc1Cl)Cc1ccoc1. The molecule has 0 spiro atoms. The number of halogens is 2. The molecule has 0 saturated carbocycles. The number of likely N-dealkylation sites (N-methyl/N-ethyl adjacent to an activating group) is 1. The van der Waals surface area contributed by atoms with Crippen molar-refractivity contribution in [2.24, 2.45) is 0 Å². The van der Waals surface area contributed by atoms with E-state index in [0.29, 0.717) is 20.8 Å². The number of nitrogens with zero attached hydrogens (tertiary/aromatic N) is 1. The summed E-state index contributed by atoms with van der Waals surface area (Å²) in [5.74, 6) is -0.0332. The first-order valence-electron chi connectivity index (χ1n) is 5.24. The van der Waals surface area contributed by atoms with E-state index in [4.69, 9.17) is 27.6 Å². The van der Waals surface area contributed by atoms with Gasteiger partial charge in [-0.1, -0.05) is 23.2 Å². The lowest BCUT2D eigenvalue weighted by Crippen LogP contribution is -2.25. The first kappa shape index (κ1) is 13.6. The number of hydrogen-bond donors (Lipinski definition) is 0. The molecule has 0 amide bonds. The maximum absolute atomic E-state index is 12.0. The van der Waals surface area contributed by atoms with E-state index in [-0.39, 0.29) is 12.3 Å². The van der Waals surface area contributed by atoms with E-state index in [9.17, 15) is 4.79 Å².